The van der Waals surface area contributed by atoms with Crippen LogP contribution < -0.4 is 10.2 Å². The summed E-state index contributed by atoms with van der Waals surface area (Å²) in [6.45, 7) is 2.14. The molecule has 1 N–H and O–H groups in total. The van der Waals surface area contributed by atoms with Crippen LogP contribution in [0.15, 0.2) is 18.2 Å². The number of benzene rings is 1. The van der Waals surface area contributed by atoms with Crippen molar-refractivity contribution in [1.82, 2.24) is 10.2 Å². The molecule has 2 rings (SSSR count). The summed E-state index contributed by atoms with van der Waals surface area (Å²) in [5.41, 5.74) is 0.245. The number of nitrogens with one attached hydrogen (secondary N) is 1. The van der Waals surface area contributed by atoms with Gasteiger partial charge in [-0.05, 0) is 24.0 Å². The number of nitrogens with zero attached hydrogens (tertiary/aromatic N) is 2. The number of anilines is 1. The third-order valence-corrected chi connectivity index (χ3v) is 4.38. The molecule has 23 heavy (non-hydrogen) atoms. The lowest BCUT2D eigenvalue weighted by Gasteiger charge is -2.16. The molecular formula is C14H15Cl2N3O3S. The maximum Gasteiger partial charge on any atom is 0.340 e. The molecule has 124 valence electrons. The van der Waals surface area contributed by atoms with Gasteiger partial charge in [0.05, 0.1) is 5.69 Å². The zero-order chi connectivity index (χ0) is 17.0. The van der Waals surface area contributed by atoms with E-state index in [9.17, 15) is 14.4 Å². The fourth-order valence-electron chi connectivity index (χ4n) is 2.05. The van der Waals surface area contributed by atoms with E-state index in [4.69, 9.17) is 23.2 Å². The van der Waals surface area contributed by atoms with Gasteiger partial charge in [-0.2, -0.15) is 11.8 Å². The van der Waals surface area contributed by atoms with Gasteiger partial charge in [-0.25, -0.2) is 19.4 Å². The highest BCUT2D eigenvalue weighted by atomic mass is 35.5. The number of halogens is 2. The Kier molecular flexibility index (Phi) is 6.15. The van der Waals surface area contributed by atoms with Crippen molar-refractivity contribution < 1.29 is 14.4 Å². The second-order valence-corrected chi connectivity index (χ2v) is 6.92. The molecule has 1 heterocycles. The van der Waals surface area contributed by atoms with Gasteiger partial charge in [0.2, 0.25) is 0 Å². The highest BCUT2D eigenvalue weighted by Gasteiger charge is 2.40. The van der Waals surface area contributed by atoms with Gasteiger partial charge >= 0.3 is 12.1 Å². The monoisotopic (exact) mass is 375 g/mol. The molecule has 6 nitrogen and oxygen atoms in total. The number of rotatable bonds is 5. The standard InChI is InChI=1S/C14H15Cl2N3O3S/c1-2-23-4-3-17-13(21)18-8-12(20)19(14(18)22)11-6-9(15)5-10(16)7-11/h5-7H,2-4,8H2,1H3,(H,17,21). The van der Waals surface area contributed by atoms with Crippen LogP contribution in [0.5, 0.6) is 0 Å². The summed E-state index contributed by atoms with van der Waals surface area (Å²) < 4.78 is 0. The minimum Gasteiger partial charge on any atom is -0.337 e. The second-order valence-electron chi connectivity index (χ2n) is 4.65. The normalized spacial score (nSPS) is 14.6. The van der Waals surface area contributed by atoms with Gasteiger partial charge in [0, 0.05) is 22.3 Å². The first-order valence-electron chi connectivity index (χ1n) is 6.90. The third-order valence-electron chi connectivity index (χ3n) is 3.04. The lowest BCUT2D eigenvalue weighted by Crippen LogP contribution is -2.43. The largest absolute Gasteiger partial charge is 0.340 e. The highest BCUT2D eigenvalue weighted by molar-refractivity contribution is 7.99. The van der Waals surface area contributed by atoms with Crippen molar-refractivity contribution in [2.45, 2.75) is 6.92 Å². The van der Waals surface area contributed by atoms with E-state index in [0.717, 1.165) is 21.3 Å². The Hall–Kier alpha value is -1.44. The Morgan fingerprint density at radius 2 is 1.91 bits per heavy atom. The molecule has 0 spiro atoms. The van der Waals surface area contributed by atoms with Crippen molar-refractivity contribution in [2.75, 3.05) is 29.5 Å². The Bertz CT molecular complexity index is 621. The SMILES string of the molecule is CCSCCNC(=O)N1CC(=O)N(c2cc(Cl)cc(Cl)c2)C1=O. The quantitative estimate of drug-likeness (QED) is 0.633. The van der Waals surface area contributed by atoms with Crippen LogP contribution in [0.1, 0.15) is 6.92 Å². The number of carbonyl (C=O) groups excluding carboxylic acids is 3. The molecule has 9 heteroatoms. The molecule has 0 saturated carbocycles. The molecule has 1 aliphatic rings. The minimum absolute atomic E-state index is 0.245. The summed E-state index contributed by atoms with van der Waals surface area (Å²) in [4.78, 5) is 38.2. The number of imide groups is 2. The molecule has 1 aliphatic heterocycles. The summed E-state index contributed by atoms with van der Waals surface area (Å²) in [5.74, 6) is 1.18. The molecule has 1 aromatic carbocycles. The Balaban J connectivity index is 2.09. The van der Waals surface area contributed by atoms with Gasteiger partial charge in [0.1, 0.15) is 6.54 Å². The van der Waals surface area contributed by atoms with E-state index in [1.54, 1.807) is 11.8 Å². The Morgan fingerprint density at radius 1 is 1.26 bits per heavy atom. The van der Waals surface area contributed by atoms with Gasteiger partial charge in [-0.15, -0.1) is 0 Å². The van der Waals surface area contributed by atoms with Crippen molar-refractivity contribution in [1.29, 1.82) is 0 Å². The summed E-state index contributed by atoms with van der Waals surface area (Å²) in [7, 11) is 0. The molecule has 1 fully saturated rings. The van der Waals surface area contributed by atoms with E-state index in [1.165, 1.54) is 18.2 Å². The number of urea groups is 2. The summed E-state index contributed by atoms with van der Waals surface area (Å²) in [6.07, 6.45) is 0. The smallest absolute Gasteiger partial charge is 0.337 e. The molecule has 5 amide bonds. The number of amides is 5. The molecule has 1 saturated heterocycles. The highest BCUT2D eigenvalue weighted by Crippen LogP contribution is 2.28. The first kappa shape index (κ1) is 17.9. The van der Waals surface area contributed by atoms with Crippen LogP contribution in [-0.4, -0.2) is 47.5 Å². The van der Waals surface area contributed by atoms with Gasteiger partial charge < -0.3 is 5.32 Å². The van der Waals surface area contributed by atoms with Crippen LogP contribution in [-0.2, 0) is 4.79 Å². The molecule has 0 aliphatic carbocycles. The summed E-state index contributed by atoms with van der Waals surface area (Å²) >= 11 is 13.5. The zero-order valence-corrected chi connectivity index (χ0v) is 14.7. The van der Waals surface area contributed by atoms with Gasteiger partial charge in [0.15, 0.2) is 0 Å². The summed E-state index contributed by atoms with van der Waals surface area (Å²) in [6, 6.07) is 3.09. The number of hydrogen-bond donors (Lipinski definition) is 1. The van der Waals surface area contributed by atoms with E-state index in [2.05, 4.69) is 5.32 Å². The molecule has 0 radical (unpaired) electrons. The Morgan fingerprint density at radius 3 is 2.52 bits per heavy atom. The average molecular weight is 376 g/mol. The van der Waals surface area contributed by atoms with Crippen LogP contribution >= 0.6 is 35.0 Å². The molecule has 0 unspecified atom stereocenters. The van der Waals surface area contributed by atoms with Gasteiger partial charge in [0.25, 0.3) is 5.91 Å². The molecular weight excluding hydrogens is 361 g/mol. The van der Waals surface area contributed by atoms with Crippen molar-refractivity contribution >= 4 is 58.6 Å². The third kappa shape index (κ3) is 4.31. The van der Waals surface area contributed by atoms with Crippen LogP contribution in [0.2, 0.25) is 10.0 Å². The average Bonchev–Trinajstić information content (AvgIpc) is 2.77. The Labute approximate surface area is 148 Å². The lowest BCUT2D eigenvalue weighted by molar-refractivity contribution is -0.116. The molecule has 0 aromatic heterocycles. The molecule has 0 atom stereocenters. The van der Waals surface area contributed by atoms with Gasteiger partial charge in [-0.1, -0.05) is 30.1 Å². The first-order valence-corrected chi connectivity index (χ1v) is 8.81. The molecule has 1 aromatic rings. The van der Waals surface area contributed by atoms with E-state index >= 15 is 0 Å². The van der Waals surface area contributed by atoms with Crippen LogP contribution in [0, 0.1) is 0 Å². The topological polar surface area (TPSA) is 69.7 Å². The first-order chi connectivity index (χ1) is 10.9. The fraction of sp³-hybridized carbons (Fsp3) is 0.357. The van der Waals surface area contributed by atoms with Gasteiger partial charge in [-0.3, -0.25) is 4.79 Å². The van der Waals surface area contributed by atoms with E-state index in [-0.39, 0.29) is 12.2 Å². The van der Waals surface area contributed by atoms with Crippen molar-refractivity contribution in [3.8, 4) is 0 Å². The van der Waals surface area contributed by atoms with Crippen molar-refractivity contribution in [3.63, 3.8) is 0 Å². The fourth-order valence-corrected chi connectivity index (χ4v) is 3.10. The maximum absolute atomic E-state index is 12.3. The lowest BCUT2D eigenvalue weighted by atomic mass is 10.3. The number of thioether (sulfide) groups is 1. The summed E-state index contributed by atoms with van der Waals surface area (Å²) in [5, 5.41) is 3.22. The van der Waals surface area contributed by atoms with Crippen LogP contribution in [0.3, 0.4) is 0 Å². The van der Waals surface area contributed by atoms with Crippen molar-refractivity contribution in [2.24, 2.45) is 0 Å². The van der Waals surface area contributed by atoms with E-state index < -0.39 is 18.0 Å². The minimum atomic E-state index is -0.714. The van der Waals surface area contributed by atoms with Crippen molar-refractivity contribution in [3.05, 3.63) is 28.2 Å². The number of hydrogen-bond acceptors (Lipinski definition) is 4. The number of carbonyl (C=O) groups is 3. The van der Waals surface area contributed by atoms with E-state index in [1.807, 2.05) is 6.92 Å². The maximum atomic E-state index is 12.3. The predicted molar refractivity (Wildman–Crippen MR) is 92.4 cm³/mol. The molecule has 0 bridgehead atoms. The van der Waals surface area contributed by atoms with Crippen LogP contribution in [0.25, 0.3) is 0 Å². The van der Waals surface area contributed by atoms with E-state index in [0.29, 0.717) is 16.6 Å². The second kappa shape index (κ2) is 7.90. The zero-order valence-electron chi connectivity index (χ0n) is 12.3. The predicted octanol–water partition coefficient (Wildman–Crippen LogP) is 3.22. The van der Waals surface area contributed by atoms with Crippen LogP contribution in [0.4, 0.5) is 15.3 Å².